The molecule has 0 aliphatic carbocycles. The molecule has 0 radical (unpaired) electrons. The van der Waals surface area contributed by atoms with Crippen molar-refractivity contribution in [3.8, 4) is 34.2 Å². The normalized spacial score (nSPS) is 11.9. The minimum absolute atomic E-state index is 0.638. The van der Waals surface area contributed by atoms with Crippen molar-refractivity contribution in [2.24, 2.45) is 0 Å². The summed E-state index contributed by atoms with van der Waals surface area (Å²) in [4.78, 5) is 20.5. The number of benzene rings is 6. The van der Waals surface area contributed by atoms with E-state index in [1.54, 1.807) is 0 Å². The molecule has 9 rings (SSSR count). The van der Waals surface area contributed by atoms with Crippen molar-refractivity contribution in [1.82, 2.24) is 19.4 Å². The first-order chi connectivity index (χ1) is 24.8. The van der Waals surface area contributed by atoms with E-state index in [-0.39, 0.29) is 0 Å². The van der Waals surface area contributed by atoms with Crippen molar-refractivity contribution in [2.45, 2.75) is 19.6 Å². The number of aromatic nitrogens is 4. The Labute approximate surface area is 292 Å². The van der Waals surface area contributed by atoms with Crippen LogP contribution >= 0.6 is 10.0 Å². The van der Waals surface area contributed by atoms with E-state index in [4.69, 9.17) is 15.0 Å². The standard InChI is InChI=1S/C45H32N4S/c1-5-17-33(18-6-1)43-46-44(48-45(47-43)42-39-25-13-14-26-40(39)49-32-16-15-27-41(42)49)34-28-30-38(31-29-34)50(35-19-7-2-8-20-35,36-21-9-3-10-22-36)37-23-11-4-12-24-37/h1-32H. The second kappa shape index (κ2) is 12.6. The van der Waals surface area contributed by atoms with Gasteiger partial charge in [-0.3, -0.25) is 0 Å². The molecule has 50 heavy (non-hydrogen) atoms. The maximum absolute atomic E-state index is 5.21. The van der Waals surface area contributed by atoms with Crippen molar-refractivity contribution >= 4 is 26.4 Å². The van der Waals surface area contributed by atoms with Crippen LogP contribution in [-0.2, 0) is 0 Å². The lowest BCUT2D eigenvalue weighted by molar-refractivity contribution is 1.08. The molecule has 238 valence electrons. The predicted octanol–water partition coefficient (Wildman–Crippen LogP) is 11.6. The summed E-state index contributed by atoms with van der Waals surface area (Å²) >= 11 is 0. The summed E-state index contributed by atoms with van der Waals surface area (Å²) in [7, 11) is -1.81. The molecule has 0 amide bonds. The summed E-state index contributed by atoms with van der Waals surface area (Å²) in [6.07, 6.45) is 2.10. The van der Waals surface area contributed by atoms with Crippen LogP contribution < -0.4 is 0 Å². The molecular weight excluding hydrogens is 629 g/mol. The fourth-order valence-electron chi connectivity index (χ4n) is 6.96. The molecule has 0 aliphatic rings. The number of para-hydroxylation sites is 1. The summed E-state index contributed by atoms with van der Waals surface area (Å²) in [6, 6.07) is 66.5. The Morgan fingerprint density at radius 2 is 0.760 bits per heavy atom. The van der Waals surface area contributed by atoms with Crippen LogP contribution in [-0.4, -0.2) is 19.4 Å². The van der Waals surface area contributed by atoms with Crippen LogP contribution in [0.4, 0.5) is 0 Å². The smallest absolute Gasteiger partial charge is 0.166 e. The molecule has 4 nitrogen and oxygen atoms in total. The van der Waals surface area contributed by atoms with Gasteiger partial charge in [0.25, 0.3) is 0 Å². The monoisotopic (exact) mass is 660 g/mol. The zero-order valence-electron chi connectivity index (χ0n) is 27.2. The highest BCUT2D eigenvalue weighted by molar-refractivity contribution is 8.34. The van der Waals surface area contributed by atoms with Gasteiger partial charge in [0.15, 0.2) is 17.5 Å². The largest absolute Gasteiger partial charge is 0.316 e. The minimum Gasteiger partial charge on any atom is -0.316 e. The van der Waals surface area contributed by atoms with Crippen LogP contribution in [0.3, 0.4) is 0 Å². The maximum Gasteiger partial charge on any atom is 0.166 e. The van der Waals surface area contributed by atoms with Crippen LogP contribution in [0.15, 0.2) is 214 Å². The molecule has 9 aromatic rings. The molecule has 3 heterocycles. The van der Waals surface area contributed by atoms with Crippen LogP contribution in [0.25, 0.3) is 50.6 Å². The predicted molar refractivity (Wildman–Crippen MR) is 205 cm³/mol. The van der Waals surface area contributed by atoms with E-state index in [1.807, 2.05) is 18.2 Å². The first kappa shape index (κ1) is 29.8. The average molecular weight is 661 g/mol. The number of hydrogen-bond donors (Lipinski definition) is 0. The molecular formula is C45H32N4S. The van der Waals surface area contributed by atoms with E-state index in [9.17, 15) is 0 Å². The lowest BCUT2D eigenvalue weighted by Gasteiger charge is -2.42. The van der Waals surface area contributed by atoms with Gasteiger partial charge in [-0.25, -0.2) is 15.0 Å². The van der Waals surface area contributed by atoms with E-state index in [0.717, 1.165) is 33.1 Å². The summed E-state index contributed by atoms with van der Waals surface area (Å²) < 4.78 is 2.21. The van der Waals surface area contributed by atoms with Crippen LogP contribution in [0.2, 0.25) is 0 Å². The van der Waals surface area contributed by atoms with E-state index < -0.39 is 10.0 Å². The average Bonchev–Trinajstić information content (AvgIpc) is 3.54. The summed E-state index contributed by atoms with van der Waals surface area (Å²) in [6.45, 7) is 0. The minimum atomic E-state index is -1.81. The topological polar surface area (TPSA) is 43.1 Å². The third-order valence-corrected chi connectivity index (χ3v) is 13.1. The maximum atomic E-state index is 5.21. The molecule has 6 aromatic carbocycles. The lowest BCUT2D eigenvalue weighted by Crippen LogP contribution is -2.05. The quantitative estimate of drug-likeness (QED) is 0.171. The number of rotatable bonds is 7. The summed E-state index contributed by atoms with van der Waals surface area (Å²) in [5, 5.41) is 1.10. The van der Waals surface area contributed by atoms with Gasteiger partial charge in [0, 0.05) is 42.3 Å². The van der Waals surface area contributed by atoms with Gasteiger partial charge in [-0.2, -0.15) is 0 Å². The Bertz CT molecular complexity index is 2420. The van der Waals surface area contributed by atoms with Crippen molar-refractivity contribution < 1.29 is 0 Å². The van der Waals surface area contributed by atoms with Gasteiger partial charge in [-0.1, -0.05) is 121 Å². The van der Waals surface area contributed by atoms with Gasteiger partial charge in [0.05, 0.1) is 16.6 Å². The molecule has 0 saturated heterocycles. The van der Waals surface area contributed by atoms with Gasteiger partial charge in [-0.15, -0.1) is 10.0 Å². The first-order valence-corrected chi connectivity index (χ1v) is 18.3. The van der Waals surface area contributed by atoms with Crippen LogP contribution in [0.5, 0.6) is 0 Å². The Morgan fingerprint density at radius 1 is 0.340 bits per heavy atom. The fourth-order valence-corrected chi connectivity index (χ4v) is 10.8. The lowest BCUT2D eigenvalue weighted by atomic mass is 10.1. The van der Waals surface area contributed by atoms with E-state index in [2.05, 4.69) is 180 Å². The van der Waals surface area contributed by atoms with Crippen LogP contribution in [0, 0.1) is 0 Å². The van der Waals surface area contributed by atoms with Crippen LogP contribution in [0.1, 0.15) is 0 Å². The van der Waals surface area contributed by atoms with Crippen molar-refractivity contribution in [1.29, 1.82) is 0 Å². The van der Waals surface area contributed by atoms with Gasteiger partial charge >= 0.3 is 0 Å². The van der Waals surface area contributed by atoms with Crippen molar-refractivity contribution in [2.75, 3.05) is 0 Å². The highest BCUT2D eigenvalue weighted by atomic mass is 32.3. The molecule has 0 unspecified atom stereocenters. The second-order valence-corrected chi connectivity index (χ2v) is 15.2. The molecule has 0 aliphatic heterocycles. The summed E-state index contributed by atoms with van der Waals surface area (Å²) in [5.74, 6) is 1.94. The van der Waals surface area contributed by atoms with Gasteiger partial charge in [0.1, 0.15) is 0 Å². The molecule has 3 aromatic heterocycles. The first-order valence-electron chi connectivity index (χ1n) is 16.7. The Morgan fingerprint density at radius 3 is 1.34 bits per heavy atom. The number of fused-ring (bicyclic) bond motifs is 3. The zero-order chi connectivity index (χ0) is 33.3. The molecule has 0 N–H and O–H groups in total. The van der Waals surface area contributed by atoms with Crippen molar-refractivity contribution in [3.05, 3.63) is 194 Å². The third kappa shape index (κ3) is 4.99. The SMILES string of the molecule is c1ccc(-c2nc(-c3ccc(S(c4ccccc4)(c4ccccc4)c4ccccc4)cc3)nc(-c3c4ccccc4n4ccccc34)n2)cc1. The summed E-state index contributed by atoms with van der Waals surface area (Å²) in [5.41, 5.74) is 5.06. The molecule has 0 fully saturated rings. The zero-order valence-corrected chi connectivity index (χ0v) is 28.0. The molecule has 0 saturated carbocycles. The fraction of sp³-hybridized carbons (Fsp3) is 0. The van der Waals surface area contributed by atoms with Gasteiger partial charge in [-0.05, 0) is 66.7 Å². The Kier molecular flexibility index (Phi) is 7.52. The molecule has 5 heteroatoms. The number of pyridine rings is 1. The Hall–Kier alpha value is -6.30. The van der Waals surface area contributed by atoms with Crippen molar-refractivity contribution in [3.63, 3.8) is 0 Å². The third-order valence-electron chi connectivity index (χ3n) is 9.20. The Balaban J connectivity index is 1.26. The molecule has 0 spiro atoms. The van der Waals surface area contributed by atoms with E-state index in [0.29, 0.717) is 17.5 Å². The van der Waals surface area contributed by atoms with E-state index >= 15 is 0 Å². The highest BCUT2D eigenvalue weighted by Crippen LogP contribution is 2.73. The highest BCUT2D eigenvalue weighted by Gasteiger charge is 2.33. The van der Waals surface area contributed by atoms with Gasteiger partial charge in [0.2, 0.25) is 0 Å². The second-order valence-electron chi connectivity index (χ2n) is 12.1. The van der Waals surface area contributed by atoms with E-state index in [1.165, 1.54) is 19.6 Å². The molecule has 0 bridgehead atoms. The van der Waals surface area contributed by atoms with Gasteiger partial charge < -0.3 is 4.40 Å². The number of hydrogen-bond acceptors (Lipinski definition) is 3. The number of nitrogens with zero attached hydrogens (tertiary/aromatic N) is 4. The molecule has 0 atom stereocenters.